The summed E-state index contributed by atoms with van der Waals surface area (Å²) >= 11 is 2.92. The Labute approximate surface area is 130 Å². The summed E-state index contributed by atoms with van der Waals surface area (Å²) in [5.74, 6) is -0.184. The molecule has 0 radical (unpaired) electrons. The normalized spacial score (nSPS) is 12.5. The van der Waals surface area contributed by atoms with E-state index in [9.17, 15) is 4.79 Å². The van der Waals surface area contributed by atoms with Crippen molar-refractivity contribution in [2.24, 2.45) is 0 Å². The summed E-state index contributed by atoms with van der Waals surface area (Å²) in [7, 11) is 0. The molecule has 0 fully saturated rings. The van der Waals surface area contributed by atoms with E-state index in [0.717, 1.165) is 27.5 Å². The average Bonchev–Trinajstić information content (AvgIpc) is 3.13. The molecule has 1 amide bonds. The molecule has 0 saturated carbocycles. The fourth-order valence-corrected chi connectivity index (χ4v) is 3.53. The van der Waals surface area contributed by atoms with Crippen molar-refractivity contribution in [1.82, 2.24) is 20.3 Å². The highest BCUT2D eigenvalue weighted by atomic mass is 32.1. The van der Waals surface area contributed by atoms with Crippen LogP contribution in [0.25, 0.3) is 10.3 Å². The highest BCUT2D eigenvalue weighted by Crippen LogP contribution is 2.21. The Balaban J connectivity index is 1.75. The summed E-state index contributed by atoms with van der Waals surface area (Å²) in [5, 5.41) is 6.44. The zero-order valence-electron chi connectivity index (χ0n) is 11.7. The summed E-state index contributed by atoms with van der Waals surface area (Å²) in [4.78, 5) is 26.0. The Morgan fingerprint density at radius 2 is 2.29 bits per heavy atom. The topological polar surface area (TPSA) is 67.8 Å². The predicted octanol–water partition coefficient (Wildman–Crippen LogP) is 3.20. The number of nitrogens with zero attached hydrogens (tertiary/aromatic N) is 3. The monoisotopic (exact) mass is 318 g/mol. The van der Waals surface area contributed by atoms with Gasteiger partial charge in [-0.3, -0.25) is 4.79 Å². The Bertz CT molecular complexity index is 747. The van der Waals surface area contributed by atoms with E-state index in [1.165, 1.54) is 11.3 Å². The van der Waals surface area contributed by atoms with Gasteiger partial charge in [-0.1, -0.05) is 18.3 Å². The van der Waals surface area contributed by atoms with Crippen LogP contribution >= 0.6 is 22.7 Å². The number of hydrogen-bond acceptors (Lipinski definition) is 6. The third-order valence-electron chi connectivity index (χ3n) is 3.02. The summed E-state index contributed by atoms with van der Waals surface area (Å²) in [6.45, 7) is 4.00. The highest BCUT2D eigenvalue weighted by molar-refractivity contribution is 7.19. The minimum atomic E-state index is -0.184. The molecular weight excluding hydrogens is 304 g/mol. The van der Waals surface area contributed by atoms with Gasteiger partial charge in [0, 0.05) is 11.6 Å². The van der Waals surface area contributed by atoms with E-state index >= 15 is 0 Å². The molecule has 0 aliphatic heterocycles. The molecule has 3 rings (SSSR count). The number of nitrogens with one attached hydrogen (secondary N) is 1. The molecule has 0 unspecified atom stereocenters. The molecule has 1 atom stereocenters. The smallest absolute Gasteiger partial charge is 0.280 e. The molecule has 7 heteroatoms. The van der Waals surface area contributed by atoms with Crippen LogP contribution in [-0.2, 0) is 6.42 Å². The van der Waals surface area contributed by atoms with Gasteiger partial charge in [0.2, 0.25) is 0 Å². The second-order valence-electron chi connectivity index (χ2n) is 4.56. The Kier molecular flexibility index (Phi) is 3.94. The van der Waals surface area contributed by atoms with Gasteiger partial charge in [-0.25, -0.2) is 15.0 Å². The van der Waals surface area contributed by atoms with Crippen LogP contribution in [0.5, 0.6) is 0 Å². The van der Waals surface area contributed by atoms with Gasteiger partial charge in [-0.15, -0.1) is 11.3 Å². The minimum absolute atomic E-state index is 0.131. The molecule has 0 spiro atoms. The van der Waals surface area contributed by atoms with E-state index in [4.69, 9.17) is 0 Å². The van der Waals surface area contributed by atoms with Gasteiger partial charge in [0.1, 0.15) is 10.3 Å². The fourth-order valence-electron chi connectivity index (χ4n) is 1.89. The van der Waals surface area contributed by atoms with Gasteiger partial charge in [0.25, 0.3) is 5.91 Å². The first-order chi connectivity index (χ1) is 10.2. The maximum absolute atomic E-state index is 12.3. The number of thiazole rings is 2. The molecule has 1 N–H and O–H groups in total. The molecular formula is C14H14N4OS2. The van der Waals surface area contributed by atoms with Crippen LogP contribution in [-0.4, -0.2) is 20.9 Å². The lowest BCUT2D eigenvalue weighted by Crippen LogP contribution is -2.26. The maximum atomic E-state index is 12.3. The van der Waals surface area contributed by atoms with Gasteiger partial charge < -0.3 is 5.32 Å². The lowest BCUT2D eigenvalue weighted by atomic mass is 10.2. The number of amides is 1. The van der Waals surface area contributed by atoms with E-state index in [1.807, 2.05) is 24.4 Å². The number of rotatable bonds is 4. The second kappa shape index (κ2) is 5.87. The van der Waals surface area contributed by atoms with Gasteiger partial charge in [-0.2, -0.15) is 0 Å². The third-order valence-corrected chi connectivity index (χ3v) is 5.01. The second-order valence-corrected chi connectivity index (χ2v) is 6.48. The Hall–Kier alpha value is -1.86. The van der Waals surface area contributed by atoms with E-state index in [0.29, 0.717) is 5.01 Å². The minimum Gasteiger partial charge on any atom is -0.342 e. The fraction of sp³-hybridized carbons (Fsp3) is 0.286. The largest absolute Gasteiger partial charge is 0.342 e. The van der Waals surface area contributed by atoms with E-state index in [-0.39, 0.29) is 11.9 Å². The third kappa shape index (κ3) is 2.93. The predicted molar refractivity (Wildman–Crippen MR) is 84.8 cm³/mol. The first-order valence-electron chi connectivity index (χ1n) is 6.64. The van der Waals surface area contributed by atoms with Crippen molar-refractivity contribution in [3.8, 4) is 0 Å². The van der Waals surface area contributed by atoms with E-state index < -0.39 is 0 Å². The van der Waals surface area contributed by atoms with Crippen molar-refractivity contribution in [3.63, 3.8) is 0 Å². The van der Waals surface area contributed by atoms with E-state index in [2.05, 4.69) is 27.2 Å². The first-order valence-corrected chi connectivity index (χ1v) is 8.33. The molecule has 3 heterocycles. The number of aryl methyl sites for hydroxylation is 1. The maximum Gasteiger partial charge on any atom is 0.280 e. The zero-order chi connectivity index (χ0) is 14.8. The number of fused-ring (bicyclic) bond motifs is 1. The first kappa shape index (κ1) is 14.1. The van der Waals surface area contributed by atoms with E-state index in [1.54, 1.807) is 17.5 Å². The SMILES string of the molecule is CCc1nc([C@H](C)NC(=O)c2nc3cccnc3s2)cs1. The Morgan fingerprint density at radius 3 is 3.00 bits per heavy atom. The van der Waals surface area contributed by atoms with Crippen molar-refractivity contribution in [2.75, 3.05) is 0 Å². The molecule has 3 aromatic heterocycles. The summed E-state index contributed by atoms with van der Waals surface area (Å²) in [6, 6.07) is 3.54. The molecule has 0 aromatic carbocycles. The van der Waals surface area contributed by atoms with Crippen LogP contribution in [0.2, 0.25) is 0 Å². The lowest BCUT2D eigenvalue weighted by Gasteiger charge is -2.09. The van der Waals surface area contributed by atoms with Crippen LogP contribution < -0.4 is 5.32 Å². The number of aromatic nitrogens is 3. The number of pyridine rings is 1. The number of carbonyl (C=O) groups is 1. The van der Waals surface area contributed by atoms with Crippen LogP contribution in [0.3, 0.4) is 0 Å². The molecule has 0 saturated heterocycles. The zero-order valence-corrected chi connectivity index (χ0v) is 13.3. The molecule has 0 aliphatic rings. The lowest BCUT2D eigenvalue weighted by molar-refractivity contribution is 0.0939. The van der Waals surface area contributed by atoms with Gasteiger partial charge >= 0.3 is 0 Å². The average molecular weight is 318 g/mol. The molecule has 5 nitrogen and oxygen atoms in total. The van der Waals surface area contributed by atoms with Crippen LogP contribution in [0, 0.1) is 0 Å². The van der Waals surface area contributed by atoms with Crippen molar-refractivity contribution in [3.05, 3.63) is 39.4 Å². The summed E-state index contributed by atoms with van der Waals surface area (Å²) in [6.07, 6.45) is 2.61. The molecule has 21 heavy (non-hydrogen) atoms. The van der Waals surface area contributed by atoms with Crippen molar-refractivity contribution in [2.45, 2.75) is 26.3 Å². The number of hydrogen-bond donors (Lipinski definition) is 1. The van der Waals surface area contributed by atoms with Gasteiger partial charge in [-0.05, 0) is 25.5 Å². The van der Waals surface area contributed by atoms with Crippen molar-refractivity contribution in [1.29, 1.82) is 0 Å². The van der Waals surface area contributed by atoms with Crippen LogP contribution in [0.4, 0.5) is 0 Å². The van der Waals surface area contributed by atoms with Crippen LogP contribution in [0.15, 0.2) is 23.7 Å². The van der Waals surface area contributed by atoms with Gasteiger partial charge in [0.05, 0.1) is 16.7 Å². The summed E-state index contributed by atoms with van der Waals surface area (Å²) < 4.78 is 0. The quantitative estimate of drug-likeness (QED) is 0.802. The molecule has 3 aromatic rings. The highest BCUT2D eigenvalue weighted by Gasteiger charge is 2.17. The molecule has 0 aliphatic carbocycles. The standard InChI is InChI=1S/C14H14N4OS2/c1-3-11-17-10(7-20-11)8(2)16-12(19)14-18-9-5-4-6-15-13(9)21-14/h4-8H,3H2,1-2H3,(H,16,19)/t8-/m0/s1. The van der Waals surface area contributed by atoms with Crippen LogP contribution in [0.1, 0.15) is 40.4 Å². The Morgan fingerprint density at radius 1 is 1.43 bits per heavy atom. The van der Waals surface area contributed by atoms with Crippen molar-refractivity contribution < 1.29 is 4.79 Å². The molecule has 108 valence electrons. The van der Waals surface area contributed by atoms with Gasteiger partial charge in [0.15, 0.2) is 5.01 Å². The summed E-state index contributed by atoms with van der Waals surface area (Å²) in [5.41, 5.74) is 1.65. The number of carbonyl (C=O) groups excluding carboxylic acids is 1. The molecule has 0 bridgehead atoms. The van der Waals surface area contributed by atoms with Crippen molar-refractivity contribution >= 4 is 38.9 Å².